The first-order valence-corrected chi connectivity index (χ1v) is 9.84. The fourth-order valence-electron chi connectivity index (χ4n) is 3.26. The van der Waals surface area contributed by atoms with E-state index in [4.69, 9.17) is 16.3 Å². The molecule has 0 saturated carbocycles. The van der Waals surface area contributed by atoms with Gasteiger partial charge in [-0.3, -0.25) is 14.5 Å². The van der Waals surface area contributed by atoms with Crippen LogP contribution in [0, 0.1) is 5.92 Å². The van der Waals surface area contributed by atoms with Crippen LogP contribution in [0.3, 0.4) is 0 Å². The van der Waals surface area contributed by atoms with Crippen molar-refractivity contribution in [2.75, 3.05) is 32.8 Å². The first-order chi connectivity index (χ1) is 12.8. The summed E-state index contributed by atoms with van der Waals surface area (Å²) in [7, 11) is 0. The van der Waals surface area contributed by atoms with Crippen LogP contribution in [0.2, 0.25) is 5.02 Å². The summed E-state index contributed by atoms with van der Waals surface area (Å²) >= 11 is 5.92. The molecule has 1 fully saturated rings. The molecule has 1 saturated heterocycles. The van der Waals surface area contributed by atoms with Crippen molar-refractivity contribution in [2.45, 2.75) is 39.3 Å². The molecule has 2 N–H and O–H groups in total. The Bertz CT molecular complexity index is 621. The van der Waals surface area contributed by atoms with Gasteiger partial charge in [-0.25, -0.2) is 0 Å². The molecule has 0 aliphatic carbocycles. The number of ether oxygens (including phenoxy) is 1. The number of morpholine rings is 1. The average Bonchev–Trinajstić information content (AvgIpc) is 2.59. The minimum absolute atomic E-state index is 0.00352. The molecule has 0 spiro atoms. The molecule has 0 aromatic heterocycles. The summed E-state index contributed by atoms with van der Waals surface area (Å²) in [4.78, 5) is 26.3. The van der Waals surface area contributed by atoms with Gasteiger partial charge in [-0.05, 0) is 23.6 Å². The van der Waals surface area contributed by atoms with E-state index in [0.717, 1.165) is 25.2 Å². The Morgan fingerprint density at radius 1 is 1.30 bits per heavy atom. The fourth-order valence-corrected chi connectivity index (χ4v) is 3.39. The number of carbonyl (C=O) groups excluding carboxylic acids is 2. The summed E-state index contributed by atoms with van der Waals surface area (Å²) < 4.78 is 5.77. The molecule has 1 heterocycles. The van der Waals surface area contributed by atoms with E-state index in [-0.39, 0.29) is 30.4 Å². The topological polar surface area (TPSA) is 70.7 Å². The number of benzene rings is 1. The smallest absolute Gasteiger partial charge is 0.222 e. The molecule has 0 bridgehead atoms. The number of rotatable bonds is 8. The van der Waals surface area contributed by atoms with E-state index in [1.165, 1.54) is 6.92 Å². The largest absolute Gasteiger partial charge is 0.374 e. The van der Waals surface area contributed by atoms with E-state index in [0.29, 0.717) is 24.1 Å². The molecule has 7 heteroatoms. The maximum atomic E-state index is 12.4. The van der Waals surface area contributed by atoms with Gasteiger partial charge in [-0.1, -0.05) is 37.6 Å². The normalized spacial score (nSPS) is 18.9. The minimum Gasteiger partial charge on any atom is -0.374 e. The lowest BCUT2D eigenvalue weighted by Crippen LogP contribution is -2.48. The molecule has 2 unspecified atom stereocenters. The predicted molar refractivity (Wildman–Crippen MR) is 107 cm³/mol. The lowest BCUT2D eigenvalue weighted by atomic mass is 10.0. The summed E-state index contributed by atoms with van der Waals surface area (Å²) in [6, 6.07) is 6.77. The summed E-state index contributed by atoms with van der Waals surface area (Å²) in [5.41, 5.74) is 0.849. The van der Waals surface area contributed by atoms with Gasteiger partial charge in [0.2, 0.25) is 11.8 Å². The Kier molecular flexibility index (Phi) is 8.54. The molecular formula is C20H30ClN3O3. The Labute approximate surface area is 166 Å². The lowest BCUT2D eigenvalue weighted by Gasteiger charge is -2.34. The molecule has 1 aliphatic rings. The average molecular weight is 396 g/mol. The van der Waals surface area contributed by atoms with Crippen molar-refractivity contribution in [1.82, 2.24) is 15.5 Å². The van der Waals surface area contributed by atoms with E-state index >= 15 is 0 Å². The van der Waals surface area contributed by atoms with E-state index in [2.05, 4.69) is 29.4 Å². The van der Waals surface area contributed by atoms with Crippen LogP contribution in [0.25, 0.3) is 0 Å². The highest BCUT2D eigenvalue weighted by Crippen LogP contribution is 2.19. The number of nitrogens with one attached hydrogen (secondary N) is 2. The Morgan fingerprint density at radius 2 is 2.00 bits per heavy atom. The molecule has 2 atom stereocenters. The zero-order chi connectivity index (χ0) is 19.8. The first-order valence-electron chi connectivity index (χ1n) is 9.46. The van der Waals surface area contributed by atoms with Gasteiger partial charge in [-0.2, -0.15) is 0 Å². The van der Waals surface area contributed by atoms with Crippen molar-refractivity contribution in [3.05, 3.63) is 34.9 Å². The molecule has 6 nitrogen and oxygen atoms in total. The van der Waals surface area contributed by atoms with Gasteiger partial charge < -0.3 is 15.4 Å². The SMILES string of the molecule is CC(=O)NC(CC(=O)NCC1CN(CC(C)C)CCO1)c1ccc(Cl)cc1. The Morgan fingerprint density at radius 3 is 2.63 bits per heavy atom. The summed E-state index contributed by atoms with van der Waals surface area (Å²) in [6.45, 7) is 9.80. The number of hydrogen-bond donors (Lipinski definition) is 2. The van der Waals surface area contributed by atoms with Gasteiger partial charge in [0.25, 0.3) is 0 Å². The molecule has 0 radical (unpaired) electrons. The van der Waals surface area contributed by atoms with Crippen molar-refractivity contribution in [3.63, 3.8) is 0 Å². The quantitative estimate of drug-likeness (QED) is 0.709. The fraction of sp³-hybridized carbons (Fsp3) is 0.600. The van der Waals surface area contributed by atoms with Gasteiger partial charge in [0.1, 0.15) is 0 Å². The van der Waals surface area contributed by atoms with Crippen LogP contribution in [0.1, 0.15) is 38.8 Å². The lowest BCUT2D eigenvalue weighted by molar-refractivity contribution is -0.123. The van der Waals surface area contributed by atoms with Crippen LogP contribution in [0.4, 0.5) is 0 Å². The highest BCUT2D eigenvalue weighted by Gasteiger charge is 2.22. The van der Waals surface area contributed by atoms with Crippen LogP contribution in [-0.4, -0.2) is 55.6 Å². The van der Waals surface area contributed by atoms with Crippen LogP contribution in [-0.2, 0) is 14.3 Å². The standard InChI is InChI=1S/C20H30ClN3O3/c1-14(2)12-24-8-9-27-18(13-24)11-22-20(26)10-19(23-15(3)25)16-4-6-17(21)7-5-16/h4-7,14,18-19H,8-13H2,1-3H3,(H,22,26)(H,23,25). The predicted octanol–water partition coefficient (Wildman–Crippen LogP) is 2.38. The molecule has 150 valence electrons. The third-order valence-electron chi connectivity index (χ3n) is 4.41. The second-order valence-electron chi connectivity index (χ2n) is 7.46. The van der Waals surface area contributed by atoms with Crippen molar-refractivity contribution in [2.24, 2.45) is 5.92 Å². The van der Waals surface area contributed by atoms with Crippen molar-refractivity contribution < 1.29 is 14.3 Å². The molecular weight excluding hydrogens is 366 g/mol. The van der Waals surface area contributed by atoms with Gasteiger partial charge in [0.15, 0.2) is 0 Å². The summed E-state index contributed by atoms with van der Waals surface area (Å²) in [5, 5.41) is 6.39. The monoisotopic (exact) mass is 395 g/mol. The molecule has 2 rings (SSSR count). The van der Waals surface area contributed by atoms with Crippen LogP contribution >= 0.6 is 11.6 Å². The number of nitrogens with zero attached hydrogens (tertiary/aromatic N) is 1. The number of hydrogen-bond acceptors (Lipinski definition) is 4. The molecule has 1 aliphatic heterocycles. The highest BCUT2D eigenvalue weighted by molar-refractivity contribution is 6.30. The van der Waals surface area contributed by atoms with Gasteiger partial charge in [0, 0.05) is 38.1 Å². The molecule has 1 aromatic carbocycles. The maximum Gasteiger partial charge on any atom is 0.222 e. The van der Waals surface area contributed by atoms with Gasteiger partial charge in [-0.15, -0.1) is 0 Å². The third kappa shape index (κ3) is 7.87. The van der Waals surface area contributed by atoms with Gasteiger partial charge >= 0.3 is 0 Å². The van der Waals surface area contributed by atoms with E-state index in [1.54, 1.807) is 12.1 Å². The third-order valence-corrected chi connectivity index (χ3v) is 4.66. The Balaban J connectivity index is 1.86. The zero-order valence-corrected chi connectivity index (χ0v) is 17.1. The van der Waals surface area contributed by atoms with E-state index < -0.39 is 0 Å². The second kappa shape index (κ2) is 10.6. The minimum atomic E-state index is -0.385. The highest BCUT2D eigenvalue weighted by atomic mass is 35.5. The second-order valence-corrected chi connectivity index (χ2v) is 7.90. The van der Waals surface area contributed by atoms with E-state index in [9.17, 15) is 9.59 Å². The van der Waals surface area contributed by atoms with Crippen molar-refractivity contribution in [3.8, 4) is 0 Å². The van der Waals surface area contributed by atoms with Crippen LogP contribution < -0.4 is 10.6 Å². The summed E-state index contributed by atoms with van der Waals surface area (Å²) in [5.74, 6) is 0.312. The molecule has 1 aromatic rings. The summed E-state index contributed by atoms with van der Waals surface area (Å²) in [6.07, 6.45) is 0.167. The number of amides is 2. The van der Waals surface area contributed by atoms with Crippen molar-refractivity contribution >= 4 is 23.4 Å². The zero-order valence-electron chi connectivity index (χ0n) is 16.3. The van der Waals surface area contributed by atoms with Crippen molar-refractivity contribution in [1.29, 1.82) is 0 Å². The van der Waals surface area contributed by atoms with Crippen LogP contribution in [0.5, 0.6) is 0 Å². The number of carbonyl (C=O) groups is 2. The van der Waals surface area contributed by atoms with Gasteiger partial charge in [0.05, 0.1) is 25.2 Å². The first kappa shape index (κ1) is 21.7. The van der Waals surface area contributed by atoms with Crippen LogP contribution in [0.15, 0.2) is 24.3 Å². The maximum absolute atomic E-state index is 12.4. The molecule has 2 amide bonds. The van der Waals surface area contributed by atoms with E-state index in [1.807, 2.05) is 12.1 Å². The number of halogens is 1. The Hall–Kier alpha value is -1.63. The molecule has 27 heavy (non-hydrogen) atoms.